The van der Waals surface area contributed by atoms with Gasteiger partial charge in [-0.05, 0) is 59.6 Å². The number of amides is 1. The van der Waals surface area contributed by atoms with Crippen molar-refractivity contribution in [3.05, 3.63) is 53.6 Å². The lowest BCUT2D eigenvalue weighted by Crippen LogP contribution is -2.33. The molecule has 8 heteroatoms. The third-order valence-corrected chi connectivity index (χ3v) is 7.49. The largest absolute Gasteiger partial charge is 0.486 e. The molecule has 2 N–H and O–H groups in total. The second-order valence-corrected chi connectivity index (χ2v) is 11.5. The molecule has 4 rings (SSSR count). The molecular weight excluding hydrogens is 440 g/mol. The average Bonchev–Trinajstić information content (AvgIpc) is 3.62. The van der Waals surface area contributed by atoms with Crippen LogP contribution >= 0.6 is 0 Å². The predicted octanol–water partition coefficient (Wildman–Crippen LogP) is 3.69. The van der Waals surface area contributed by atoms with Crippen LogP contribution in [0, 0.1) is 5.92 Å². The van der Waals surface area contributed by atoms with Gasteiger partial charge in [0.25, 0.3) is 0 Å². The fourth-order valence-electron chi connectivity index (χ4n) is 3.92. The molecule has 2 aromatic carbocycles. The Bertz CT molecular complexity index is 1100. The highest BCUT2D eigenvalue weighted by Gasteiger charge is 2.34. The molecule has 1 saturated carbocycles. The SMILES string of the molecule is CC(C)(C)c1ccc(S(=O)(=O)NCCC(=O)NC(c2ccc3c(c2)OCCO3)C2CC2)cc1. The number of benzene rings is 2. The van der Waals surface area contributed by atoms with E-state index in [1.807, 2.05) is 30.3 Å². The Morgan fingerprint density at radius 3 is 2.33 bits per heavy atom. The summed E-state index contributed by atoms with van der Waals surface area (Å²) in [4.78, 5) is 12.8. The third-order valence-electron chi connectivity index (χ3n) is 6.01. The first kappa shape index (κ1) is 23.6. The van der Waals surface area contributed by atoms with Crippen LogP contribution in [0.25, 0.3) is 0 Å². The molecular formula is C25H32N2O5S. The number of carbonyl (C=O) groups excluding carboxylic acids is 1. The summed E-state index contributed by atoms with van der Waals surface area (Å²) in [6.07, 6.45) is 2.17. The minimum absolute atomic E-state index is 0.0354. The van der Waals surface area contributed by atoms with Gasteiger partial charge in [0.15, 0.2) is 11.5 Å². The van der Waals surface area contributed by atoms with Gasteiger partial charge in [0, 0.05) is 13.0 Å². The summed E-state index contributed by atoms with van der Waals surface area (Å²) in [7, 11) is -3.67. The van der Waals surface area contributed by atoms with Crippen LogP contribution in [-0.4, -0.2) is 34.1 Å². The van der Waals surface area contributed by atoms with Gasteiger partial charge in [0.05, 0.1) is 10.9 Å². The summed E-state index contributed by atoms with van der Waals surface area (Å²) in [5.41, 5.74) is 1.99. The molecule has 1 atom stereocenters. The van der Waals surface area contributed by atoms with E-state index < -0.39 is 10.0 Å². The molecule has 0 radical (unpaired) electrons. The normalized spacial score (nSPS) is 16.8. The number of fused-ring (bicyclic) bond motifs is 1. The molecule has 2 aromatic rings. The van der Waals surface area contributed by atoms with Crippen LogP contribution in [0.15, 0.2) is 47.4 Å². The Hall–Kier alpha value is -2.58. The summed E-state index contributed by atoms with van der Waals surface area (Å²) in [5.74, 6) is 1.61. The van der Waals surface area contributed by atoms with Crippen molar-refractivity contribution in [2.45, 2.75) is 56.4 Å². The summed E-state index contributed by atoms with van der Waals surface area (Å²) >= 11 is 0. The van der Waals surface area contributed by atoms with Gasteiger partial charge in [-0.25, -0.2) is 13.1 Å². The van der Waals surface area contributed by atoms with Crippen LogP contribution in [-0.2, 0) is 20.2 Å². The van der Waals surface area contributed by atoms with Crippen molar-refractivity contribution in [1.82, 2.24) is 10.0 Å². The minimum Gasteiger partial charge on any atom is -0.486 e. The Balaban J connectivity index is 1.33. The number of hydrogen-bond donors (Lipinski definition) is 2. The highest BCUT2D eigenvalue weighted by Crippen LogP contribution is 2.43. The van der Waals surface area contributed by atoms with Gasteiger partial charge in [0.1, 0.15) is 13.2 Å². The second kappa shape index (κ2) is 9.35. The summed E-state index contributed by atoms with van der Waals surface area (Å²) in [5, 5.41) is 3.08. The van der Waals surface area contributed by atoms with Crippen LogP contribution in [0.2, 0.25) is 0 Å². The van der Waals surface area contributed by atoms with Crippen LogP contribution in [0.3, 0.4) is 0 Å². The molecule has 0 saturated heterocycles. The van der Waals surface area contributed by atoms with Crippen molar-refractivity contribution in [2.75, 3.05) is 19.8 Å². The van der Waals surface area contributed by atoms with Crippen LogP contribution in [0.5, 0.6) is 11.5 Å². The zero-order valence-electron chi connectivity index (χ0n) is 19.4. The zero-order valence-corrected chi connectivity index (χ0v) is 20.2. The monoisotopic (exact) mass is 472 g/mol. The molecule has 1 unspecified atom stereocenters. The number of sulfonamides is 1. The van der Waals surface area contributed by atoms with Crippen molar-refractivity contribution < 1.29 is 22.7 Å². The van der Waals surface area contributed by atoms with Gasteiger partial charge in [0.2, 0.25) is 15.9 Å². The molecule has 0 bridgehead atoms. The number of hydrogen-bond acceptors (Lipinski definition) is 5. The van der Waals surface area contributed by atoms with E-state index in [4.69, 9.17) is 9.47 Å². The fourth-order valence-corrected chi connectivity index (χ4v) is 4.95. The standard InChI is InChI=1S/C25H32N2O5S/c1-25(2,3)19-7-9-20(10-8-19)33(29,30)26-13-12-23(28)27-24(17-4-5-17)18-6-11-21-22(16-18)32-15-14-31-21/h6-11,16-17,24,26H,4-5,12-15H2,1-3H3,(H,27,28). The summed E-state index contributed by atoms with van der Waals surface area (Å²) in [6, 6.07) is 12.5. The molecule has 1 aliphatic heterocycles. The fraction of sp³-hybridized carbons (Fsp3) is 0.480. The first-order chi connectivity index (χ1) is 15.6. The van der Waals surface area contributed by atoms with Crippen molar-refractivity contribution in [3.63, 3.8) is 0 Å². The van der Waals surface area contributed by atoms with Gasteiger partial charge in [-0.1, -0.05) is 39.0 Å². The van der Waals surface area contributed by atoms with Crippen molar-refractivity contribution in [1.29, 1.82) is 0 Å². The number of nitrogens with one attached hydrogen (secondary N) is 2. The van der Waals surface area contributed by atoms with Crippen molar-refractivity contribution in [2.24, 2.45) is 5.92 Å². The smallest absolute Gasteiger partial charge is 0.240 e. The number of ether oxygens (including phenoxy) is 2. The molecule has 1 fully saturated rings. The Labute approximate surface area is 195 Å². The zero-order chi connectivity index (χ0) is 23.6. The van der Waals surface area contributed by atoms with Crippen molar-refractivity contribution >= 4 is 15.9 Å². The predicted molar refractivity (Wildman–Crippen MR) is 126 cm³/mol. The maximum Gasteiger partial charge on any atom is 0.240 e. The van der Waals surface area contributed by atoms with Crippen LogP contribution in [0.4, 0.5) is 0 Å². The second-order valence-electron chi connectivity index (χ2n) is 9.71. The molecule has 1 aliphatic carbocycles. The van der Waals surface area contributed by atoms with E-state index in [1.54, 1.807) is 12.1 Å². The summed E-state index contributed by atoms with van der Waals surface area (Å²) in [6.45, 7) is 7.31. The molecule has 33 heavy (non-hydrogen) atoms. The first-order valence-corrected chi connectivity index (χ1v) is 12.9. The lowest BCUT2D eigenvalue weighted by Gasteiger charge is -2.23. The molecule has 0 spiro atoms. The topological polar surface area (TPSA) is 93.7 Å². The molecule has 178 valence electrons. The van der Waals surface area contributed by atoms with Gasteiger partial charge in [-0.3, -0.25) is 4.79 Å². The third kappa shape index (κ3) is 5.86. The van der Waals surface area contributed by atoms with Gasteiger partial charge in [-0.15, -0.1) is 0 Å². The van der Waals surface area contributed by atoms with E-state index >= 15 is 0 Å². The lowest BCUT2D eigenvalue weighted by atomic mass is 9.87. The Morgan fingerprint density at radius 1 is 1.03 bits per heavy atom. The van der Waals surface area contributed by atoms with Crippen molar-refractivity contribution in [3.8, 4) is 11.5 Å². The van der Waals surface area contributed by atoms with E-state index in [-0.39, 0.29) is 35.2 Å². The van der Waals surface area contributed by atoms with Crippen LogP contribution < -0.4 is 19.5 Å². The van der Waals surface area contributed by atoms with E-state index in [2.05, 4.69) is 30.8 Å². The average molecular weight is 473 g/mol. The lowest BCUT2D eigenvalue weighted by molar-refractivity contribution is -0.121. The molecule has 2 aliphatic rings. The minimum atomic E-state index is -3.67. The highest BCUT2D eigenvalue weighted by atomic mass is 32.2. The van der Waals surface area contributed by atoms with Gasteiger partial charge >= 0.3 is 0 Å². The molecule has 0 aromatic heterocycles. The number of carbonyl (C=O) groups is 1. The molecule has 7 nitrogen and oxygen atoms in total. The van der Waals surface area contributed by atoms with E-state index in [9.17, 15) is 13.2 Å². The van der Waals surface area contributed by atoms with E-state index in [0.29, 0.717) is 24.9 Å². The van der Waals surface area contributed by atoms with E-state index in [1.165, 1.54) is 0 Å². The highest BCUT2D eigenvalue weighted by molar-refractivity contribution is 7.89. The number of rotatable bonds is 8. The maximum absolute atomic E-state index is 12.6. The maximum atomic E-state index is 12.6. The molecule has 1 amide bonds. The first-order valence-electron chi connectivity index (χ1n) is 11.4. The van der Waals surface area contributed by atoms with Gasteiger partial charge in [-0.2, -0.15) is 0 Å². The quantitative estimate of drug-likeness (QED) is 0.611. The Morgan fingerprint density at radius 2 is 1.70 bits per heavy atom. The van der Waals surface area contributed by atoms with Crippen LogP contribution in [0.1, 0.15) is 57.2 Å². The summed E-state index contributed by atoms with van der Waals surface area (Å²) < 4.78 is 39.0. The van der Waals surface area contributed by atoms with E-state index in [0.717, 1.165) is 29.7 Å². The van der Waals surface area contributed by atoms with Gasteiger partial charge < -0.3 is 14.8 Å². The Kier molecular flexibility index (Phi) is 6.68. The molecule has 1 heterocycles.